The lowest BCUT2D eigenvalue weighted by molar-refractivity contribution is -0.151. The van der Waals surface area contributed by atoms with Crippen LogP contribution in [0.5, 0.6) is 5.75 Å². The molecule has 1 fully saturated rings. The van der Waals surface area contributed by atoms with Crippen molar-refractivity contribution in [2.75, 3.05) is 33.9 Å². The topological polar surface area (TPSA) is 93.9 Å². The minimum Gasteiger partial charge on any atom is -0.494 e. The Balaban J connectivity index is 1.82. The van der Waals surface area contributed by atoms with Crippen molar-refractivity contribution in [3.8, 4) is 11.4 Å². The van der Waals surface area contributed by atoms with Crippen LogP contribution in [0.15, 0.2) is 30.5 Å². The second-order valence-electron chi connectivity index (χ2n) is 6.82. The Morgan fingerprint density at radius 2 is 2.07 bits per heavy atom. The van der Waals surface area contributed by atoms with Gasteiger partial charge in [0.05, 0.1) is 13.7 Å². The first kappa shape index (κ1) is 18.9. The Labute approximate surface area is 157 Å². The smallest absolute Gasteiger partial charge is 0.313 e. The van der Waals surface area contributed by atoms with Gasteiger partial charge in [-0.05, 0) is 37.1 Å². The molecule has 1 aromatic carbocycles. The summed E-state index contributed by atoms with van der Waals surface area (Å²) in [5.41, 5.74) is 0.973. The maximum Gasteiger partial charge on any atom is 0.313 e. The molecule has 1 aromatic heterocycles. The minimum absolute atomic E-state index is 0.0705. The lowest BCUT2D eigenvalue weighted by Crippen LogP contribution is -2.40. The lowest BCUT2D eigenvalue weighted by Gasteiger charge is -2.23. The highest BCUT2D eigenvalue weighted by Gasteiger charge is 2.46. The van der Waals surface area contributed by atoms with Gasteiger partial charge >= 0.3 is 5.97 Å². The normalized spacial score (nSPS) is 19.3. The predicted octanol–water partition coefficient (Wildman–Crippen LogP) is 1.75. The molecule has 8 nitrogen and oxygen atoms in total. The average Bonchev–Trinajstić information content (AvgIpc) is 3.30. The second kappa shape index (κ2) is 7.40. The predicted molar refractivity (Wildman–Crippen MR) is 97.3 cm³/mol. The van der Waals surface area contributed by atoms with Crippen LogP contribution in [-0.4, -0.2) is 65.6 Å². The van der Waals surface area contributed by atoms with E-state index in [2.05, 4.69) is 5.10 Å². The number of likely N-dealkylation sites (tertiary alicyclic amines) is 1. The number of aliphatic carboxylic acids is 1. The summed E-state index contributed by atoms with van der Waals surface area (Å²) in [7, 11) is 3.04. The van der Waals surface area contributed by atoms with Gasteiger partial charge in [0.1, 0.15) is 16.9 Å². The van der Waals surface area contributed by atoms with Gasteiger partial charge in [0.2, 0.25) is 0 Å². The summed E-state index contributed by atoms with van der Waals surface area (Å²) < 4.78 is 12.0. The maximum atomic E-state index is 12.8. The largest absolute Gasteiger partial charge is 0.494 e. The van der Waals surface area contributed by atoms with Crippen LogP contribution < -0.4 is 4.74 Å². The highest BCUT2D eigenvalue weighted by Crippen LogP contribution is 2.32. The molecular weight excluding hydrogens is 350 g/mol. The van der Waals surface area contributed by atoms with E-state index in [4.69, 9.17) is 9.47 Å². The van der Waals surface area contributed by atoms with Crippen LogP contribution in [-0.2, 0) is 9.53 Å². The van der Waals surface area contributed by atoms with Crippen molar-refractivity contribution in [3.05, 3.63) is 41.7 Å². The zero-order valence-corrected chi connectivity index (χ0v) is 15.6. The van der Waals surface area contributed by atoms with Gasteiger partial charge in [0.25, 0.3) is 5.91 Å². The fraction of sp³-hybridized carbons (Fsp3) is 0.421. The monoisotopic (exact) mass is 373 g/mol. The number of benzene rings is 1. The number of ether oxygens (including phenoxy) is 2. The first-order valence-electron chi connectivity index (χ1n) is 8.62. The number of aromatic nitrogens is 2. The number of aryl methyl sites for hydroxylation is 1. The molecule has 144 valence electrons. The Morgan fingerprint density at radius 1 is 1.30 bits per heavy atom. The number of rotatable bonds is 6. The molecule has 0 aliphatic carbocycles. The van der Waals surface area contributed by atoms with Crippen molar-refractivity contribution in [2.45, 2.75) is 13.3 Å². The first-order chi connectivity index (χ1) is 12.9. The van der Waals surface area contributed by atoms with Gasteiger partial charge in [0.15, 0.2) is 5.69 Å². The Morgan fingerprint density at radius 3 is 2.74 bits per heavy atom. The van der Waals surface area contributed by atoms with Crippen molar-refractivity contribution < 1.29 is 24.2 Å². The maximum absolute atomic E-state index is 12.8. The molecule has 1 amide bonds. The number of methoxy groups -OCH3 is 2. The molecule has 1 aliphatic rings. The summed E-state index contributed by atoms with van der Waals surface area (Å²) in [6.45, 7) is 2.50. The van der Waals surface area contributed by atoms with E-state index < -0.39 is 11.4 Å². The van der Waals surface area contributed by atoms with E-state index in [9.17, 15) is 14.7 Å². The molecule has 2 heterocycles. The summed E-state index contributed by atoms with van der Waals surface area (Å²) in [6.07, 6.45) is 2.05. The van der Waals surface area contributed by atoms with Gasteiger partial charge in [-0.2, -0.15) is 5.10 Å². The van der Waals surface area contributed by atoms with E-state index in [1.165, 1.54) is 12.0 Å². The highest BCUT2D eigenvalue weighted by molar-refractivity contribution is 5.93. The van der Waals surface area contributed by atoms with Crippen molar-refractivity contribution in [3.63, 3.8) is 0 Å². The van der Waals surface area contributed by atoms with Crippen LogP contribution in [0.2, 0.25) is 0 Å². The fourth-order valence-electron chi connectivity index (χ4n) is 3.39. The molecule has 27 heavy (non-hydrogen) atoms. The molecule has 0 spiro atoms. The van der Waals surface area contributed by atoms with Crippen molar-refractivity contribution in [2.24, 2.45) is 5.41 Å². The molecule has 0 bridgehead atoms. The summed E-state index contributed by atoms with van der Waals surface area (Å²) in [6, 6.07) is 7.33. The van der Waals surface area contributed by atoms with Crippen LogP contribution >= 0.6 is 0 Å². The molecule has 1 N–H and O–H groups in total. The first-order valence-corrected chi connectivity index (χ1v) is 8.62. The van der Waals surface area contributed by atoms with Gasteiger partial charge < -0.3 is 19.5 Å². The van der Waals surface area contributed by atoms with Crippen molar-refractivity contribution in [1.82, 2.24) is 14.7 Å². The molecule has 1 aliphatic heterocycles. The van der Waals surface area contributed by atoms with Gasteiger partial charge in [-0.25, -0.2) is 4.68 Å². The average molecular weight is 373 g/mol. The Bertz CT molecular complexity index is 863. The molecule has 1 atom stereocenters. The number of hydrogen-bond acceptors (Lipinski definition) is 5. The summed E-state index contributed by atoms with van der Waals surface area (Å²) in [5.74, 6) is -0.594. The molecule has 0 saturated carbocycles. The van der Waals surface area contributed by atoms with Crippen LogP contribution in [0.4, 0.5) is 0 Å². The molecule has 8 heteroatoms. The van der Waals surface area contributed by atoms with E-state index in [0.29, 0.717) is 18.7 Å². The third kappa shape index (κ3) is 3.52. The van der Waals surface area contributed by atoms with E-state index in [-0.39, 0.29) is 24.8 Å². The van der Waals surface area contributed by atoms with E-state index in [0.717, 1.165) is 11.3 Å². The SMILES string of the molecule is COCC1(C(=O)O)CCN(C(=O)c2ccn(-c3cc(C)ccc3OC)n2)C1. The lowest BCUT2D eigenvalue weighted by atomic mass is 9.88. The minimum atomic E-state index is -1.06. The molecule has 2 aromatic rings. The number of carboxylic acids is 1. The highest BCUT2D eigenvalue weighted by atomic mass is 16.5. The molecule has 3 rings (SSSR count). The number of carbonyl (C=O) groups is 2. The van der Waals surface area contributed by atoms with Crippen LogP contribution in [0.1, 0.15) is 22.5 Å². The number of carboxylic acid groups (broad SMARTS) is 1. The molecular formula is C19H23N3O5. The van der Waals surface area contributed by atoms with E-state index in [1.54, 1.807) is 24.1 Å². The third-order valence-electron chi connectivity index (χ3n) is 4.90. The number of hydrogen-bond donors (Lipinski definition) is 1. The number of carbonyl (C=O) groups excluding carboxylic acids is 1. The summed E-state index contributed by atoms with van der Waals surface area (Å²) >= 11 is 0. The Hall–Kier alpha value is -2.87. The van der Waals surface area contributed by atoms with Gasteiger partial charge in [-0.1, -0.05) is 6.07 Å². The second-order valence-corrected chi connectivity index (χ2v) is 6.82. The van der Waals surface area contributed by atoms with Crippen molar-refractivity contribution >= 4 is 11.9 Å². The number of amides is 1. The molecule has 1 unspecified atom stereocenters. The van der Waals surface area contributed by atoms with E-state index in [1.807, 2.05) is 25.1 Å². The standard InChI is InChI=1S/C19H23N3O5/c1-13-4-5-16(27-3)15(10-13)22-8-6-14(20-22)17(23)21-9-7-19(11-21,12-26-2)18(24)25/h4-6,8,10H,7,9,11-12H2,1-3H3,(H,24,25). The third-order valence-corrected chi connectivity index (χ3v) is 4.90. The fourth-order valence-corrected chi connectivity index (χ4v) is 3.39. The van der Waals surface area contributed by atoms with Crippen molar-refractivity contribution in [1.29, 1.82) is 0 Å². The summed E-state index contributed by atoms with van der Waals surface area (Å²) in [5, 5.41) is 13.9. The van der Waals surface area contributed by atoms with Crippen LogP contribution in [0.25, 0.3) is 5.69 Å². The van der Waals surface area contributed by atoms with E-state index >= 15 is 0 Å². The number of nitrogens with zero attached hydrogens (tertiary/aromatic N) is 3. The van der Waals surface area contributed by atoms with Gasteiger partial charge in [0, 0.05) is 26.4 Å². The van der Waals surface area contributed by atoms with Crippen LogP contribution in [0, 0.1) is 12.3 Å². The Kier molecular flexibility index (Phi) is 5.18. The molecule has 1 saturated heterocycles. The zero-order valence-electron chi connectivity index (χ0n) is 15.6. The zero-order chi connectivity index (χ0) is 19.6. The quantitative estimate of drug-likeness (QED) is 0.829. The van der Waals surface area contributed by atoms with Gasteiger partial charge in [-0.3, -0.25) is 9.59 Å². The molecule has 0 radical (unpaired) electrons. The van der Waals surface area contributed by atoms with Crippen LogP contribution in [0.3, 0.4) is 0 Å². The van der Waals surface area contributed by atoms with Gasteiger partial charge in [-0.15, -0.1) is 0 Å². The summed E-state index contributed by atoms with van der Waals surface area (Å²) in [4.78, 5) is 26.0.